The molecule has 0 fully saturated rings. The number of amides is 3. The minimum atomic E-state index is -0.414. The minimum absolute atomic E-state index is 0.184. The van der Waals surface area contributed by atoms with Crippen LogP contribution in [-0.4, -0.2) is 17.7 Å². The molecule has 0 spiro atoms. The molecule has 160 valence electrons. The van der Waals surface area contributed by atoms with Crippen molar-refractivity contribution >= 4 is 40.4 Å². The van der Waals surface area contributed by atoms with Crippen LogP contribution < -0.4 is 15.5 Å². The zero-order chi connectivity index (χ0) is 22.8. The van der Waals surface area contributed by atoms with Crippen molar-refractivity contribution in [1.29, 1.82) is 0 Å². The van der Waals surface area contributed by atoms with E-state index in [2.05, 4.69) is 10.6 Å². The van der Waals surface area contributed by atoms with Crippen LogP contribution in [-0.2, 0) is 14.4 Å². The summed E-state index contributed by atoms with van der Waals surface area (Å²) in [4.78, 5) is 39.4. The van der Waals surface area contributed by atoms with Crippen molar-refractivity contribution in [3.05, 3.63) is 95.2 Å². The number of carbonyl (C=O) groups excluding carboxylic acids is 3. The summed E-state index contributed by atoms with van der Waals surface area (Å²) >= 11 is 0. The normalized spacial score (nSPS) is 13.5. The third kappa shape index (κ3) is 3.90. The van der Waals surface area contributed by atoms with Crippen molar-refractivity contribution in [2.24, 2.45) is 0 Å². The predicted molar refractivity (Wildman–Crippen MR) is 126 cm³/mol. The Morgan fingerprint density at radius 1 is 0.812 bits per heavy atom. The number of carbonyl (C=O) groups is 3. The molecule has 1 heterocycles. The summed E-state index contributed by atoms with van der Waals surface area (Å²) in [6.07, 6.45) is 0. The molecule has 6 heteroatoms. The molecule has 0 aromatic heterocycles. The zero-order valence-electron chi connectivity index (χ0n) is 18.1. The van der Waals surface area contributed by atoms with Gasteiger partial charge in [0.25, 0.3) is 11.8 Å². The van der Waals surface area contributed by atoms with Crippen molar-refractivity contribution in [1.82, 2.24) is 0 Å². The molecule has 3 aromatic carbocycles. The van der Waals surface area contributed by atoms with Gasteiger partial charge in [-0.2, -0.15) is 0 Å². The first-order valence-corrected chi connectivity index (χ1v) is 10.3. The van der Waals surface area contributed by atoms with E-state index in [1.54, 1.807) is 48.5 Å². The summed E-state index contributed by atoms with van der Waals surface area (Å²) in [6, 6.07) is 21.5. The van der Waals surface area contributed by atoms with Crippen LogP contribution in [0.15, 0.2) is 78.5 Å². The second-order valence-corrected chi connectivity index (χ2v) is 7.66. The molecule has 1 aliphatic heterocycles. The number of rotatable bonds is 5. The Balaban J connectivity index is 1.81. The van der Waals surface area contributed by atoms with E-state index in [1.807, 2.05) is 38.1 Å². The second kappa shape index (κ2) is 8.51. The second-order valence-electron chi connectivity index (χ2n) is 7.66. The summed E-state index contributed by atoms with van der Waals surface area (Å²) in [5.74, 6) is -0.999. The minimum Gasteiger partial charge on any atom is -0.350 e. The third-order valence-corrected chi connectivity index (χ3v) is 5.46. The highest BCUT2D eigenvalue weighted by atomic mass is 16.2. The molecule has 0 saturated carbocycles. The van der Waals surface area contributed by atoms with Gasteiger partial charge in [-0.1, -0.05) is 42.5 Å². The summed E-state index contributed by atoms with van der Waals surface area (Å²) in [7, 11) is 0. The Hall–Kier alpha value is -4.19. The molecule has 0 radical (unpaired) electrons. The van der Waals surface area contributed by atoms with Crippen molar-refractivity contribution in [2.75, 3.05) is 15.5 Å². The van der Waals surface area contributed by atoms with E-state index in [4.69, 9.17) is 0 Å². The van der Waals surface area contributed by atoms with Crippen LogP contribution in [0.2, 0.25) is 0 Å². The molecule has 0 saturated heterocycles. The summed E-state index contributed by atoms with van der Waals surface area (Å²) in [6.45, 7) is 5.39. The smallest absolute Gasteiger partial charge is 0.282 e. The van der Waals surface area contributed by atoms with Crippen molar-refractivity contribution in [3.63, 3.8) is 0 Å². The van der Waals surface area contributed by atoms with E-state index in [0.29, 0.717) is 16.9 Å². The van der Waals surface area contributed by atoms with Gasteiger partial charge in [-0.15, -0.1) is 0 Å². The molecule has 32 heavy (non-hydrogen) atoms. The standard InChI is InChI=1S/C26H23N3O3/c1-16-8-7-11-22(17(16)2)28-24-23(19-12-14-20(15-13-19)27-18(3)30)25(31)29(26(24)32)21-9-5-4-6-10-21/h4-15,28H,1-3H3,(H,27,30). The maximum atomic E-state index is 13.5. The molecule has 0 bridgehead atoms. The van der Waals surface area contributed by atoms with Gasteiger partial charge in [0.2, 0.25) is 5.91 Å². The molecule has 0 unspecified atom stereocenters. The molecule has 1 aliphatic rings. The fourth-order valence-corrected chi connectivity index (χ4v) is 3.67. The fourth-order valence-electron chi connectivity index (χ4n) is 3.67. The van der Waals surface area contributed by atoms with Crippen LogP contribution in [0.3, 0.4) is 0 Å². The Morgan fingerprint density at radius 2 is 1.50 bits per heavy atom. The predicted octanol–water partition coefficient (Wildman–Crippen LogP) is 4.66. The number of imide groups is 1. The first kappa shape index (κ1) is 21.1. The highest BCUT2D eigenvalue weighted by molar-refractivity contribution is 6.46. The molecular formula is C26H23N3O3. The Kier molecular flexibility index (Phi) is 5.60. The summed E-state index contributed by atoms with van der Waals surface area (Å²) in [5, 5.41) is 5.93. The number of aryl methyl sites for hydroxylation is 1. The number of para-hydroxylation sites is 1. The topological polar surface area (TPSA) is 78.5 Å². The van der Waals surface area contributed by atoms with E-state index in [-0.39, 0.29) is 17.2 Å². The fraction of sp³-hybridized carbons (Fsp3) is 0.115. The van der Waals surface area contributed by atoms with Gasteiger partial charge in [-0.05, 0) is 60.9 Å². The third-order valence-electron chi connectivity index (χ3n) is 5.46. The van der Waals surface area contributed by atoms with E-state index in [9.17, 15) is 14.4 Å². The number of anilines is 3. The van der Waals surface area contributed by atoms with Crippen LogP contribution in [0.1, 0.15) is 23.6 Å². The van der Waals surface area contributed by atoms with Gasteiger partial charge in [0, 0.05) is 18.3 Å². The molecule has 0 aliphatic carbocycles. The lowest BCUT2D eigenvalue weighted by Gasteiger charge is -2.16. The first-order chi connectivity index (χ1) is 15.4. The maximum Gasteiger partial charge on any atom is 0.282 e. The molecule has 3 amide bonds. The quantitative estimate of drug-likeness (QED) is 0.583. The highest BCUT2D eigenvalue weighted by Crippen LogP contribution is 2.34. The van der Waals surface area contributed by atoms with Gasteiger partial charge in [0.05, 0.1) is 11.3 Å². The average Bonchev–Trinajstić information content (AvgIpc) is 3.01. The number of nitrogens with one attached hydrogen (secondary N) is 2. The van der Waals surface area contributed by atoms with Crippen molar-refractivity contribution in [3.8, 4) is 0 Å². The van der Waals surface area contributed by atoms with Crippen LogP contribution in [0.4, 0.5) is 17.1 Å². The van der Waals surface area contributed by atoms with Gasteiger partial charge in [-0.3, -0.25) is 14.4 Å². The number of hydrogen-bond donors (Lipinski definition) is 2. The highest BCUT2D eigenvalue weighted by Gasteiger charge is 2.40. The summed E-state index contributed by atoms with van der Waals surface area (Å²) in [5.41, 5.74) is 5.06. The number of hydrogen-bond acceptors (Lipinski definition) is 4. The Bertz CT molecular complexity index is 1250. The van der Waals surface area contributed by atoms with Crippen LogP contribution in [0.5, 0.6) is 0 Å². The monoisotopic (exact) mass is 425 g/mol. The molecule has 6 nitrogen and oxygen atoms in total. The van der Waals surface area contributed by atoms with E-state index in [0.717, 1.165) is 16.8 Å². The molecule has 2 N–H and O–H groups in total. The average molecular weight is 425 g/mol. The Labute approximate surface area is 186 Å². The van der Waals surface area contributed by atoms with Crippen molar-refractivity contribution in [2.45, 2.75) is 20.8 Å². The number of nitrogens with zero attached hydrogens (tertiary/aromatic N) is 1. The van der Waals surface area contributed by atoms with Crippen LogP contribution in [0, 0.1) is 13.8 Å². The van der Waals surface area contributed by atoms with Gasteiger partial charge < -0.3 is 10.6 Å². The lowest BCUT2D eigenvalue weighted by atomic mass is 10.0. The van der Waals surface area contributed by atoms with E-state index in [1.165, 1.54) is 11.8 Å². The van der Waals surface area contributed by atoms with Crippen molar-refractivity contribution < 1.29 is 14.4 Å². The zero-order valence-corrected chi connectivity index (χ0v) is 18.1. The first-order valence-electron chi connectivity index (χ1n) is 10.3. The van der Waals surface area contributed by atoms with Gasteiger partial charge in [0.1, 0.15) is 5.70 Å². The van der Waals surface area contributed by atoms with E-state index < -0.39 is 11.8 Å². The van der Waals surface area contributed by atoms with Gasteiger partial charge >= 0.3 is 0 Å². The Morgan fingerprint density at radius 3 is 2.16 bits per heavy atom. The largest absolute Gasteiger partial charge is 0.350 e. The SMILES string of the molecule is CC(=O)Nc1ccc(C2=C(Nc3cccc(C)c3C)C(=O)N(c3ccccc3)C2=O)cc1. The molecule has 0 atom stereocenters. The van der Waals surface area contributed by atoms with Crippen LogP contribution in [0.25, 0.3) is 5.57 Å². The van der Waals surface area contributed by atoms with E-state index >= 15 is 0 Å². The summed E-state index contributed by atoms with van der Waals surface area (Å²) < 4.78 is 0. The molecule has 3 aromatic rings. The lowest BCUT2D eigenvalue weighted by molar-refractivity contribution is -0.120. The number of benzene rings is 3. The lowest BCUT2D eigenvalue weighted by Crippen LogP contribution is -2.32. The molecule has 4 rings (SSSR count). The van der Waals surface area contributed by atoms with Gasteiger partial charge in [0.15, 0.2) is 0 Å². The molecular weight excluding hydrogens is 402 g/mol. The van der Waals surface area contributed by atoms with Gasteiger partial charge in [-0.25, -0.2) is 4.90 Å². The maximum absolute atomic E-state index is 13.5. The van der Waals surface area contributed by atoms with Crippen LogP contribution >= 0.6 is 0 Å².